The van der Waals surface area contributed by atoms with Gasteiger partial charge in [-0.25, -0.2) is 9.37 Å². The number of nitrogens with zero attached hydrogens (tertiary/aromatic N) is 5. The molecule has 0 fully saturated rings. The maximum absolute atomic E-state index is 14.5. The summed E-state index contributed by atoms with van der Waals surface area (Å²) < 4.78 is 15.7. The first-order chi connectivity index (χ1) is 15.0. The SMILES string of the molecule is CN1C(=O)[C@@H](NC(=O)c2nn(Cc3ccccc3C#N)cc2F)CCc2cccnc21. The molecule has 8 nitrogen and oxygen atoms in total. The van der Waals surface area contributed by atoms with E-state index in [1.165, 1.54) is 9.58 Å². The van der Waals surface area contributed by atoms with Gasteiger partial charge in [0.25, 0.3) is 5.91 Å². The zero-order chi connectivity index (χ0) is 22.0. The van der Waals surface area contributed by atoms with Crippen LogP contribution >= 0.6 is 0 Å². The maximum atomic E-state index is 14.5. The molecule has 2 amide bonds. The first kappa shape index (κ1) is 20.2. The second-order valence-corrected chi connectivity index (χ2v) is 7.24. The summed E-state index contributed by atoms with van der Waals surface area (Å²) >= 11 is 0. The average molecular weight is 418 g/mol. The van der Waals surface area contributed by atoms with Crippen LogP contribution in [-0.2, 0) is 17.8 Å². The summed E-state index contributed by atoms with van der Waals surface area (Å²) in [5, 5.41) is 15.8. The topological polar surface area (TPSA) is 104 Å². The molecule has 0 saturated carbocycles. The number of hydrogen-bond donors (Lipinski definition) is 1. The maximum Gasteiger partial charge on any atom is 0.275 e. The van der Waals surface area contributed by atoms with E-state index in [-0.39, 0.29) is 12.5 Å². The number of nitriles is 1. The highest BCUT2D eigenvalue weighted by molar-refractivity contribution is 6.01. The first-order valence-electron chi connectivity index (χ1n) is 9.71. The molecule has 0 bridgehead atoms. The molecule has 0 aliphatic carbocycles. The Hall–Kier alpha value is -4.06. The Morgan fingerprint density at radius 2 is 2.13 bits per heavy atom. The van der Waals surface area contributed by atoms with Gasteiger partial charge >= 0.3 is 0 Å². The zero-order valence-corrected chi connectivity index (χ0v) is 16.7. The Kier molecular flexibility index (Phi) is 5.45. The second-order valence-electron chi connectivity index (χ2n) is 7.24. The molecule has 0 spiro atoms. The lowest BCUT2D eigenvalue weighted by Crippen LogP contribution is -2.47. The number of nitrogens with one attached hydrogen (secondary N) is 1. The minimum atomic E-state index is -0.824. The molecule has 156 valence electrons. The van der Waals surface area contributed by atoms with E-state index in [2.05, 4.69) is 21.5 Å². The number of aromatic nitrogens is 3. The van der Waals surface area contributed by atoms with E-state index < -0.39 is 23.5 Å². The molecule has 1 N–H and O–H groups in total. The average Bonchev–Trinajstić information content (AvgIpc) is 3.10. The van der Waals surface area contributed by atoms with Gasteiger partial charge in [0.1, 0.15) is 11.9 Å². The number of pyridine rings is 1. The lowest BCUT2D eigenvalue weighted by atomic mass is 10.1. The van der Waals surface area contributed by atoms with Crippen molar-refractivity contribution in [3.05, 3.63) is 77.0 Å². The van der Waals surface area contributed by atoms with Crippen molar-refractivity contribution in [2.45, 2.75) is 25.4 Å². The minimum absolute atomic E-state index is 0.139. The molecule has 31 heavy (non-hydrogen) atoms. The summed E-state index contributed by atoms with van der Waals surface area (Å²) in [6, 6.07) is 11.8. The van der Waals surface area contributed by atoms with Gasteiger partial charge < -0.3 is 5.32 Å². The van der Waals surface area contributed by atoms with Gasteiger partial charge in [-0.3, -0.25) is 19.2 Å². The van der Waals surface area contributed by atoms with Crippen molar-refractivity contribution >= 4 is 17.6 Å². The van der Waals surface area contributed by atoms with E-state index in [0.29, 0.717) is 29.8 Å². The summed E-state index contributed by atoms with van der Waals surface area (Å²) in [4.78, 5) is 31.1. The fraction of sp³-hybridized carbons (Fsp3) is 0.227. The van der Waals surface area contributed by atoms with Crippen molar-refractivity contribution in [2.24, 2.45) is 0 Å². The Bertz CT molecular complexity index is 1200. The van der Waals surface area contributed by atoms with Gasteiger partial charge in [0.05, 0.1) is 24.4 Å². The molecule has 4 rings (SSSR count). The van der Waals surface area contributed by atoms with Crippen LogP contribution in [0.3, 0.4) is 0 Å². The highest BCUT2D eigenvalue weighted by Crippen LogP contribution is 2.23. The number of anilines is 1. The summed E-state index contributed by atoms with van der Waals surface area (Å²) in [5.74, 6) is -1.34. The Labute approximate surface area is 177 Å². The number of likely N-dealkylation sites (N-methyl/N-ethyl adjacent to an activating group) is 1. The molecule has 1 aromatic carbocycles. The van der Waals surface area contributed by atoms with Crippen LogP contribution < -0.4 is 10.2 Å². The van der Waals surface area contributed by atoms with Crippen LogP contribution in [0, 0.1) is 17.1 Å². The third kappa shape index (κ3) is 4.00. The molecular formula is C22H19FN6O2. The third-order valence-corrected chi connectivity index (χ3v) is 5.22. The number of carbonyl (C=O) groups is 2. The first-order valence-corrected chi connectivity index (χ1v) is 9.71. The standard InChI is InChI=1S/C22H19FN6O2/c1-28-20-14(7-4-10-25-20)8-9-18(22(28)31)26-21(30)19-17(23)13-29(27-19)12-16-6-3-2-5-15(16)11-24/h2-7,10,13,18H,8-9,12H2,1H3,(H,26,30)/t18-/m0/s1. The van der Waals surface area contributed by atoms with Gasteiger partial charge in [0, 0.05) is 13.2 Å². The predicted octanol–water partition coefficient (Wildman–Crippen LogP) is 2.04. The number of hydrogen-bond acceptors (Lipinski definition) is 5. The van der Waals surface area contributed by atoms with Crippen molar-refractivity contribution in [1.29, 1.82) is 5.26 Å². The fourth-order valence-electron chi connectivity index (χ4n) is 3.62. The van der Waals surface area contributed by atoms with Crippen molar-refractivity contribution < 1.29 is 14.0 Å². The lowest BCUT2D eigenvalue weighted by molar-refractivity contribution is -0.120. The smallest absolute Gasteiger partial charge is 0.275 e. The van der Waals surface area contributed by atoms with Crippen molar-refractivity contribution in [2.75, 3.05) is 11.9 Å². The number of rotatable bonds is 4. The highest BCUT2D eigenvalue weighted by Gasteiger charge is 2.31. The van der Waals surface area contributed by atoms with E-state index in [4.69, 9.17) is 0 Å². The Morgan fingerprint density at radius 3 is 2.94 bits per heavy atom. The largest absolute Gasteiger partial charge is 0.339 e. The van der Waals surface area contributed by atoms with E-state index in [0.717, 1.165) is 11.8 Å². The van der Waals surface area contributed by atoms with Gasteiger partial charge in [-0.1, -0.05) is 24.3 Å². The molecule has 0 radical (unpaired) electrons. The molecule has 1 aliphatic heterocycles. The molecule has 3 heterocycles. The molecule has 3 aromatic rings. The molecular weight excluding hydrogens is 399 g/mol. The van der Waals surface area contributed by atoms with Crippen LogP contribution in [0.1, 0.15) is 33.6 Å². The normalized spacial score (nSPS) is 15.7. The van der Waals surface area contributed by atoms with Crippen LogP contribution in [0.4, 0.5) is 10.2 Å². The Balaban J connectivity index is 1.51. The molecule has 1 aliphatic rings. The second kappa shape index (κ2) is 8.36. The van der Waals surface area contributed by atoms with Crippen LogP contribution in [0.5, 0.6) is 0 Å². The number of fused-ring (bicyclic) bond motifs is 1. The van der Waals surface area contributed by atoms with Crippen molar-refractivity contribution in [1.82, 2.24) is 20.1 Å². The van der Waals surface area contributed by atoms with Gasteiger partial charge in [0.2, 0.25) is 5.91 Å². The Morgan fingerprint density at radius 1 is 1.32 bits per heavy atom. The number of aryl methyl sites for hydroxylation is 1. The van der Waals surface area contributed by atoms with Crippen molar-refractivity contribution in [3.63, 3.8) is 0 Å². The summed E-state index contributed by atoms with van der Waals surface area (Å²) in [7, 11) is 1.60. The van der Waals surface area contributed by atoms with Crippen LogP contribution in [0.15, 0.2) is 48.8 Å². The number of amides is 2. The van der Waals surface area contributed by atoms with Crippen LogP contribution in [-0.4, -0.2) is 39.7 Å². The summed E-state index contributed by atoms with van der Waals surface area (Å²) in [5.41, 5.74) is 1.61. The number of carbonyl (C=O) groups excluding carboxylic acids is 2. The predicted molar refractivity (Wildman–Crippen MR) is 110 cm³/mol. The van der Waals surface area contributed by atoms with Gasteiger partial charge in [-0.2, -0.15) is 10.4 Å². The van der Waals surface area contributed by atoms with E-state index in [1.807, 2.05) is 6.07 Å². The van der Waals surface area contributed by atoms with Gasteiger partial charge in [0.15, 0.2) is 11.5 Å². The van der Waals surface area contributed by atoms with E-state index >= 15 is 0 Å². The highest BCUT2D eigenvalue weighted by atomic mass is 19.1. The quantitative estimate of drug-likeness (QED) is 0.698. The van der Waals surface area contributed by atoms with Gasteiger partial charge in [-0.15, -0.1) is 0 Å². The third-order valence-electron chi connectivity index (χ3n) is 5.22. The van der Waals surface area contributed by atoms with Gasteiger partial charge in [-0.05, 0) is 36.1 Å². The molecule has 0 unspecified atom stereocenters. The van der Waals surface area contributed by atoms with Crippen LogP contribution in [0.2, 0.25) is 0 Å². The van der Waals surface area contributed by atoms with Crippen molar-refractivity contribution in [3.8, 4) is 6.07 Å². The number of benzene rings is 1. The molecule has 2 aromatic heterocycles. The van der Waals surface area contributed by atoms with Crippen LogP contribution in [0.25, 0.3) is 0 Å². The molecule has 1 atom stereocenters. The zero-order valence-electron chi connectivity index (χ0n) is 16.7. The molecule has 0 saturated heterocycles. The lowest BCUT2D eigenvalue weighted by Gasteiger charge is -2.20. The minimum Gasteiger partial charge on any atom is -0.339 e. The fourth-order valence-corrected chi connectivity index (χ4v) is 3.62. The monoisotopic (exact) mass is 418 g/mol. The number of halogens is 1. The van der Waals surface area contributed by atoms with E-state index in [9.17, 15) is 19.2 Å². The molecule has 9 heteroatoms. The van der Waals surface area contributed by atoms with E-state index in [1.54, 1.807) is 43.6 Å². The summed E-state index contributed by atoms with van der Waals surface area (Å²) in [6.45, 7) is 0.139. The summed E-state index contributed by atoms with van der Waals surface area (Å²) in [6.07, 6.45) is 3.62.